The van der Waals surface area contributed by atoms with Gasteiger partial charge in [-0.05, 0) is 43.2 Å². The van der Waals surface area contributed by atoms with E-state index in [1.807, 2.05) is 0 Å². The normalized spacial score (nSPS) is 29.2. The molecule has 4 atom stereocenters. The highest BCUT2D eigenvalue weighted by atomic mass is 16.6. The van der Waals surface area contributed by atoms with Gasteiger partial charge in [0.25, 0.3) is 5.69 Å². The molecule has 4 rings (SSSR count). The molecule has 3 fully saturated rings. The fraction of sp³-hybridized carbons (Fsp3) is 0.500. The molecular formula is C18H19N3O5. The molecule has 1 aliphatic heterocycles. The molecular weight excluding hydrogens is 338 g/mol. The number of rotatable bonds is 5. The Balaban J connectivity index is 1.34. The zero-order valence-electron chi connectivity index (χ0n) is 14.1. The number of nitro benzene ring substituents is 1. The molecule has 2 aliphatic carbocycles. The number of imide groups is 1. The van der Waals surface area contributed by atoms with Gasteiger partial charge in [0, 0.05) is 30.8 Å². The molecule has 8 heteroatoms. The van der Waals surface area contributed by atoms with Gasteiger partial charge in [0.2, 0.25) is 17.7 Å². The average molecular weight is 357 g/mol. The maximum absolute atomic E-state index is 12.6. The Morgan fingerprint density at radius 1 is 1.12 bits per heavy atom. The van der Waals surface area contributed by atoms with Crippen LogP contribution in [0.2, 0.25) is 0 Å². The standard InChI is InChI=1S/C18H19N3O5/c22-14(19-12-3-5-13(6-4-12)21(25)26)7-8-20-17(23)15-10-1-2-11(9-10)16(15)18(20)24/h3-6,10-11,15-16H,1-2,7-9H2,(H,19,22)/t10-,11-,15-,16-/m0/s1. The summed E-state index contributed by atoms with van der Waals surface area (Å²) in [6.07, 6.45) is 3.06. The van der Waals surface area contributed by atoms with Crippen LogP contribution >= 0.6 is 0 Å². The first kappa shape index (κ1) is 16.7. The minimum absolute atomic E-state index is 0.0171. The Hall–Kier alpha value is -2.77. The van der Waals surface area contributed by atoms with Gasteiger partial charge in [-0.2, -0.15) is 0 Å². The van der Waals surface area contributed by atoms with E-state index in [2.05, 4.69) is 5.32 Å². The predicted octanol–water partition coefficient (Wildman–Crippen LogP) is 1.95. The number of amides is 3. The minimum Gasteiger partial charge on any atom is -0.326 e. The maximum atomic E-state index is 12.6. The number of non-ortho nitro benzene ring substituents is 1. The van der Waals surface area contributed by atoms with Crippen molar-refractivity contribution in [3.8, 4) is 0 Å². The molecule has 1 aromatic rings. The third kappa shape index (κ3) is 2.65. The molecule has 26 heavy (non-hydrogen) atoms. The van der Waals surface area contributed by atoms with E-state index in [1.54, 1.807) is 0 Å². The average Bonchev–Trinajstić information content (AvgIpc) is 3.28. The highest BCUT2D eigenvalue weighted by molar-refractivity contribution is 6.06. The molecule has 0 aromatic heterocycles. The van der Waals surface area contributed by atoms with Gasteiger partial charge in [-0.15, -0.1) is 0 Å². The number of fused-ring (bicyclic) bond motifs is 5. The number of likely N-dealkylation sites (tertiary alicyclic amines) is 1. The van der Waals surface area contributed by atoms with Crippen LogP contribution in [-0.4, -0.2) is 34.1 Å². The molecule has 0 spiro atoms. The van der Waals surface area contributed by atoms with Crippen LogP contribution in [-0.2, 0) is 14.4 Å². The van der Waals surface area contributed by atoms with E-state index in [1.165, 1.54) is 29.2 Å². The van der Waals surface area contributed by atoms with Gasteiger partial charge in [-0.1, -0.05) is 0 Å². The summed E-state index contributed by atoms with van der Waals surface area (Å²) >= 11 is 0. The van der Waals surface area contributed by atoms with Crippen LogP contribution in [0.25, 0.3) is 0 Å². The van der Waals surface area contributed by atoms with Crippen molar-refractivity contribution in [1.82, 2.24) is 4.90 Å². The quantitative estimate of drug-likeness (QED) is 0.492. The molecule has 0 radical (unpaired) electrons. The van der Waals surface area contributed by atoms with E-state index in [0.29, 0.717) is 17.5 Å². The molecule has 2 bridgehead atoms. The van der Waals surface area contributed by atoms with Crippen LogP contribution in [0.1, 0.15) is 25.7 Å². The molecule has 3 amide bonds. The van der Waals surface area contributed by atoms with E-state index in [4.69, 9.17) is 0 Å². The summed E-state index contributed by atoms with van der Waals surface area (Å²) in [5.74, 6) is -0.233. The maximum Gasteiger partial charge on any atom is 0.269 e. The Labute approximate surface area is 149 Å². The number of nitro groups is 1. The van der Waals surface area contributed by atoms with Gasteiger partial charge in [0.1, 0.15) is 0 Å². The molecule has 136 valence electrons. The second-order valence-corrected chi connectivity index (χ2v) is 7.32. The number of carbonyl (C=O) groups is 3. The van der Waals surface area contributed by atoms with Crippen LogP contribution < -0.4 is 5.32 Å². The molecule has 1 N–H and O–H groups in total. The van der Waals surface area contributed by atoms with Crippen molar-refractivity contribution in [1.29, 1.82) is 0 Å². The van der Waals surface area contributed by atoms with Gasteiger partial charge in [0.05, 0.1) is 16.8 Å². The third-order valence-corrected chi connectivity index (χ3v) is 5.94. The number of anilines is 1. The lowest BCUT2D eigenvalue weighted by Gasteiger charge is -2.19. The monoisotopic (exact) mass is 357 g/mol. The molecule has 2 saturated carbocycles. The van der Waals surface area contributed by atoms with E-state index >= 15 is 0 Å². The summed E-state index contributed by atoms with van der Waals surface area (Å²) < 4.78 is 0. The predicted molar refractivity (Wildman–Crippen MR) is 90.9 cm³/mol. The molecule has 8 nitrogen and oxygen atoms in total. The number of hydrogen-bond donors (Lipinski definition) is 1. The molecule has 1 aromatic carbocycles. The van der Waals surface area contributed by atoms with E-state index < -0.39 is 4.92 Å². The molecule has 0 unspecified atom stereocenters. The number of nitrogens with one attached hydrogen (secondary N) is 1. The lowest BCUT2D eigenvalue weighted by Crippen LogP contribution is -2.35. The lowest BCUT2D eigenvalue weighted by molar-refractivity contribution is -0.384. The Morgan fingerprint density at radius 2 is 1.69 bits per heavy atom. The number of benzene rings is 1. The van der Waals surface area contributed by atoms with Crippen LogP contribution in [0.4, 0.5) is 11.4 Å². The van der Waals surface area contributed by atoms with Gasteiger partial charge >= 0.3 is 0 Å². The third-order valence-electron chi connectivity index (χ3n) is 5.94. The van der Waals surface area contributed by atoms with Crippen molar-refractivity contribution in [2.75, 3.05) is 11.9 Å². The van der Waals surface area contributed by atoms with Gasteiger partial charge in [-0.25, -0.2) is 0 Å². The molecule has 1 heterocycles. The van der Waals surface area contributed by atoms with Gasteiger partial charge in [-0.3, -0.25) is 29.4 Å². The summed E-state index contributed by atoms with van der Waals surface area (Å²) in [5, 5.41) is 13.3. The summed E-state index contributed by atoms with van der Waals surface area (Å²) in [5.41, 5.74) is 0.381. The second-order valence-electron chi connectivity index (χ2n) is 7.32. The highest BCUT2D eigenvalue weighted by Crippen LogP contribution is 2.56. The highest BCUT2D eigenvalue weighted by Gasteiger charge is 2.60. The first-order valence-electron chi connectivity index (χ1n) is 8.85. The van der Waals surface area contributed by atoms with Crippen molar-refractivity contribution in [2.24, 2.45) is 23.7 Å². The van der Waals surface area contributed by atoms with E-state index in [0.717, 1.165) is 19.3 Å². The Bertz CT molecular complexity index is 763. The SMILES string of the molecule is O=C(CCN1C(=O)[C@H]2[C@H]3CC[C@@H](C3)[C@@H]2C1=O)Nc1ccc([N+](=O)[O-])cc1. The second kappa shape index (κ2) is 6.19. The van der Waals surface area contributed by atoms with Gasteiger partial charge < -0.3 is 5.32 Å². The van der Waals surface area contributed by atoms with Crippen molar-refractivity contribution < 1.29 is 19.3 Å². The van der Waals surface area contributed by atoms with Crippen LogP contribution in [0.5, 0.6) is 0 Å². The van der Waals surface area contributed by atoms with Crippen molar-refractivity contribution in [2.45, 2.75) is 25.7 Å². The van der Waals surface area contributed by atoms with E-state index in [9.17, 15) is 24.5 Å². The van der Waals surface area contributed by atoms with Crippen LogP contribution in [0.15, 0.2) is 24.3 Å². The number of carbonyl (C=O) groups excluding carboxylic acids is 3. The van der Waals surface area contributed by atoms with Crippen LogP contribution in [0, 0.1) is 33.8 Å². The fourth-order valence-electron chi connectivity index (χ4n) is 4.79. The summed E-state index contributed by atoms with van der Waals surface area (Å²) in [4.78, 5) is 48.6. The summed E-state index contributed by atoms with van der Waals surface area (Å²) in [7, 11) is 0. The summed E-state index contributed by atoms with van der Waals surface area (Å²) in [6.45, 7) is 0.0862. The molecule has 3 aliphatic rings. The number of nitrogens with zero attached hydrogens (tertiary/aromatic N) is 2. The first-order valence-corrected chi connectivity index (χ1v) is 8.85. The minimum atomic E-state index is -0.514. The first-order chi connectivity index (χ1) is 12.5. The van der Waals surface area contributed by atoms with E-state index in [-0.39, 0.29) is 48.2 Å². The van der Waals surface area contributed by atoms with Crippen molar-refractivity contribution >= 4 is 29.1 Å². The van der Waals surface area contributed by atoms with Crippen molar-refractivity contribution in [3.05, 3.63) is 34.4 Å². The summed E-state index contributed by atoms with van der Waals surface area (Å²) in [6, 6.07) is 5.51. The lowest BCUT2D eigenvalue weighted by atomic mass is 9.81. The zero-order chi connectivity index (χ0) is 18.4. The fourth-order valence-corrected chi connectivity index (χ4v) is 4.79. The molecule has 1 saturated heterocycles. The smallest absolute Gasteiger partial charge is 0.269 e. The Morgan fingerprint density at radius 3 is 2.23 bits per heavy atom. The topological polar surface area (TPSA) is 110 Å². The van der Waals surface area contributed by atoms with Gasteiger partial charge in [0.15, 0.2) is 0 Å². The van der Waals surface area contributed by atoms with Crippen molar-refractivity contribution in [3.63, 3.8) is 0 Å². The zero-order valence-corrected chi connectivity index (χ0v) is 14.1. The Kier molecular flexibility index (Phi) is 3.97. The largest absolute Gasteiger partial charge is 0.326 e. The van der Waals surface area contributed by atoms with Crippen LogP contribution in [0.3, 0.4) is 0 Å². The number of hydrogen-bond acceptors (Lipinski definition) is 5.